The lowest BCUT2D eigenvalue weighted by molar-refractivity contribution is 0.234. The third-order valence-electron chi connectivity index (χ3n) is 2.72. The van der Waals surface area contributed by atoms with Gasteiger partial charge >= 0.3 is 0 Å². The molecular formula is C14H16F2N4O. The van der Waals surface area contributed by atoms with Crippen LogP contribution in [0.3, 0.4) is 0 Å². The van der Waals surface area contributed by atoms with Crippen LogP contribution in [0.1, 0.15) is 19.4 Å². The Bertz CT molecular complexity index is 662. The number of aromatic nitrogens is 2. The number of nitrogens with zero attached hydrogens (tertiary/aromatic N) is 2. The number of anilines is 3. The Morgan fingerprint density at radius 1 is 1.24 bits per heavy atom. The largest absolute Gasteiger partial charge is 0.473 e. The summed E-state index contributed by atoms with van der Waals surface area (Å²) in [4.78, 5) is 7.79. The van der Waals surface area contributed by atoms with Gasteiger partial charge in [-0.3, -0.25) is 0 Å². The number of hydrogen-bond acceptors (Lipinski definition) is 5. The summed E-state index contributed by atoms with van der Waals surface area (Å²) in [6, 6.07) is 2.52. The van der Waals surface area contributed by atoms with E-state index in [1.54, 1.807) is 0 Å². The normalized spacial score (nSPS) is 10.8. The molecule has 0 radical (unpaired) electrons. The van der Waals surface area contributed by atoms with E-state index in [9.17, 15) is 8.78 Å². The van der Waals surface area contributed by atoms with Crippen molar-refractivity contribution in [2.24, 2.45) is 0 Å². The van der Waals surface area contributed by atoms with Gasteiger partial charge in [0, 0.05) is 0 Å². The predicted octanol–water partition coefficient (Wildman–Crippen LogP) is 3.18. The Labute approximate surface area is 121 Å². The standard InChI is InChI=1S/C14H16F2N4O/c1-7(2)21-14-11(17)13(18-6-19-14)20-12-9(15)5-4-8(3)10(12)16/h4-7H,17H2,1-3H3,(H,18,19,20). The number of hydrogen-bond donors (Lipinski definition) is 2. The molecule has 0 spiro atoms. The van der Waals surface area contributed by atoms with Gasteiger partial charge in [0.1, 0.15) is 23.5 Å². The van der Waals surface area contributed by atoms with Crippen molar-refractivity contribution < 1.29 is 13.5 Å². The van der Waals surface area contributed by atoms with Gasteiger partial charge in [-0.25, -0.2) is 13.8 Å². The molecular weight excluding hydrogens is 278 g/mol. The molecule has 0 aliphatic rings. The smallest absolute Gasteiger partial charge is 0.242 e. The van der Waals surface area contributed by atoms with E-state index in [4.69, 9.17) is 10.5 Å². The molecule has 0 atom stereocenters. The minimum absolute atomic E-state index is 0.0871. The van der Waals surface area contributed by atoms with E-state index in [-0.39, 0.29) is 29.2 Å². The lowest BCUT2D eigenvalue weighted by Crippen LogP contribution is -2.11. The number of rotatable bonds is 4. The molecule has 3 N–H and O–H groups in total. The van der Waals surface area contributed by atoms with E-state index in [2.05, 4.69) is 15.3 Å². The van der Waals surface area contributed by atoms with Crippen LogP contribution in [0.4, 0.5) is 26.0 Å². The second kappa shape index (κ2) is 5.90. The maximum Gasteiger partial charge on any atom is 0.242 e. The molecule has 0 aliphatic heterocycles. The molecule has 1 aromatic carbocycles. The molecule has 5 nitrogen and oxygen atoms in total. The molecule has 7 heteroatoms. The minimum atomic E-state index is -0.734. The monoisotopic (exact) mass is 294 g/mol. The summed E-state index contributed by atoms with van der Waals surface area (Å²) in [6.45, 7) is 5.17. The predicted molar refractivity (Wildman–Crippen MR) is 76.6 cm³/mol. The zero-order valence-corrected chi connectivity index (χ0v) is 11.9. The molecule has 0 bridgehead atoms. The van der Waals surface area contributed by atoms with Gasteiger partial charge in [-0.1, -0.05) is 6.07 Å². The first-order valence-corrected chi connectivity index (χ1v) is 6.39. The molecule has 1 aromatic heterocycles. The first-order valence-electron chi connectivity index (χ1n) is 6.39. The lowest BCUT2D eigenvalue weighted by Gasteiger charge is -2.14. The number of ether oxygens (including phenoxy) is 1. The number of benzene rings is 1. The van der Waals surface area contributed by atoms with Crippen molar-refractivity contribution >= 4 is 17.2 Å². The third-order valence-corrected chi connectivity index (χ3v) is 2.72. The fourth-order valence-corrected chi connectivity index (χ4v) is 1.69. The summed E-state index contributed by atoms with van der Waals surface area (Å²) < 4.78 is 33.1. The van der Waals surface area contributed by atoms with Crippen LogP contribution in [0, 0.1) is 18.6 Å². The second-order valence-corrected chi connectivity index (χ2v) is 4.79. The maximum absolute atomic E-state index is 14.0. The summed E-state index contributed by atoms with van der Waals surface area (Å²) >= 11 is 0. The van der Waals surface area contributed by atoms with Crippen LogP contribution in [0.25, 0.3) is 0 Å². The molecule has 0 aliphatic carbocycles. The first-order chi connectivity index (χ1) is 9.90. The van der Waals surface area contributed by atoms with E-state index >= 15 is 0 Å². The molecule has 112 valence electrons. The SMILES string of the molecule is Cc1ccc(F)c(Nc2ncnc(OC(C)C)c2N)c1F. The average molecular weight is 294 g/mol. The summed E-state index contributed by atoms with van der Waals surface area (Å²) in [6.07, 6.45) is 1.07. The Morgan fingerprint density at radius 2 is 1.95 bits per heavy atom. The van der Waals surface area contributed by atoms with Gasteiger partial charge in [-0.05, 0) is 32.4 Å². The van der Waals surface area contributed by atoms with Gasteiger partial charge < -0.3 is 15.8 Å². The fraction of sp³-hybridized carbons (Fsp3) is 0.286. The van der Waals surface area contributed by atoms with Gasteiger partial charge in [0.25, 0.3) is 0 Å². The number of nitrogens with two attached hydrogens (primary N) is 1. The Hall–Kier alpha value is -2.44. The van der Waals surface area contributed by atoms with Crippen LogP contribution in [0.5, 0.6) is 5.88 Å². The van der Waals surface area contributed by atoms with Gasteiger partial charge in [0.05, 0.1) is 6.10 Å². The number of nitrogen functional groups attached to an aromatic ring is 1. The van der Waals surface area contributed by atoms with Crippen molar-refractivity contribution in [1.29, 1.82) is 0 Å². The van der Waals surface area contributed by atoms with Gasteiger partial charge in [0.15, 0.2) is 11.6 Å². The Morgan fingerprint density at radius 3 is 2.62 bits per heavy atom. The van der Waals surface area contributed by atoms with Crippen LogP contribution in [0.2, 0.25) is 0 Å². The zero-order valence-electron chi connectivity index (χ0n) is 11.9. The van der Waals surface area contributed by atoms with Crippen LogP contribution < -0.4 is 15.8 Å². The van der Waals surface area contributed by atoms with Gasteiger partial charge in [-0.2, -0.15) is 4.98 Å². The van der Waals surface area contributed by atoms with E-state index in [1.165, 1.54) is 25.4 Å². The van der Waals surface area contributed by atoms with Crippen LogP contribution in [0.15, 0.2) is 18.5 Å². The van der Waals surface area contributed by atoms with Crippen LogP contribution in [-0.2, 0) is 0 Å². The number of halogens is 2. The first kappa shape index (κ1) is 15.0. The van der Waals surface area contributed by atoms with E-state index in [1.807, 2.05) is 13.8 Å². The molecule has 0 amide bonds. The average Bonchev–Trinajstić information content (AvgIpc) is 2.42. The van der Waals surface area contributed by atoms with E-state index in [0.29, 0.717) is 5.56 Å². The number of nitrogens with one attached hydrogen (secondary N) is 1. The van der Waals surface area contributed by atoms with E-state index in [0.717, 1.165) is 0 Å². The highest BCUT2D eigenvalue weighted by atomic mass is 19.1. The van der Waals surface area contributed by atoms with Crippen LogP contribution >= 0.6 is 0 Å². The summed E-state index contributed by atoms with van der Waals surface area (Å²) in [5.41, 5.74) is 5.95. The molecule has 0 unspecified atom stereocenters. The summed E-state index contributed by atoms with van der Waals surface area (Å²) in [5.74, 6) is -1.18. The van der Waals surface area contributed by atoms with E-state index < -0.39 is 11.6 Å². The quantitative estimate of drug-likeness (QED) is 0.906. The topological polar surface area (TPSA) is 73.1 Å². The molecule has 1 heterocycles. The van der Waals surface area contributed by atoms with Gasteiger partial charge in [-0.15, -0.1) is 0 Å². The number of aryl methyl sites for hydroxylation is 1. The molecule has 0 fully saturated rings. The zero-order chi connectivity index (χ0) is 15.6. The fourth-order valence-electron chi connectivity index (χ4n) is 1.69. The highest BCUT2D eigenvalue weighted by Gasteiger charge is 2.16. The van der Waals surface area contributed by atoms with Crippen molar-refractivity contribution in [1.82, 2.24) is 9.97 Å². The molecule has 2 aromatic rings. The third kappa shape index (κ3) is 3.18. The maximum atomic E-state index is 14.0. The molecule has 2 rings (SSSR count). The Balaban J connectivity index is 2.39. The molecule has 0 saturated heterocycles. The highest BCUT2D eigenvalue weighted by molar-refractivity contribution is 5.72. The minimum Gasteiger partial charge on any atom is -0.473 e. The highest BCUT2D eigenvalue weighted by Crippen LogP contribution is 2.31. The van der Waals surface area contributed by atoms with Crippen molar-refractivity contribution in [3.05, 3.63) is 35.7 Å². The summed E-state index contributed by atoms with van der Waals surface area (Å²) in [7, 11) is 0. The van der Waals surface area contributed by atoms with Crippen molar-refractivity contribution in [3.63, 3.8) is 0 Å². The second-order valence-electron chi connectivity index (χ2n) is 4.79. The Kier molecular flexibility index (Phi) is 4.21. The van der Waals surface area contributed by atoms with Gasteiger partial charge in [0.2, 0.25) is 5.88 Å². The molecule has 21 heavy (non-hydrogen) atoms. The lowest BCUT2D eigenvalue weighted by atomic mass is 10.2. The van der Waals surface area contributed by atoms with Crippen molar-refractivity contribution in [3.8, 4) is 5.88 Å². The van der Waals surface area contributed by atoms with Crippen LogP contribution in [-0.4, -0.2) is 16.1 Å². The van der Waals surface area contributed by atoms with Crippen molar-refractivity contribution in [2.75, 3.05) is 11.1 Å². The molecule has 0 saturated carbocycles. The summed E-state index contributed by atoms with van der Waals surface area (Å²) in [5, 5.41) is 2.56. The van der Waals surface area contributed by atoms with Crippen molar-refractivity contribution in [2.45, 2.75) is 26.9 Å².